The molecule has 2 aromatic carbocycles. The molecular weight excluding hydrogens is 454 g/mol. The summed E-state index contributed by atoms with van der Waals surface area (Å²) in [7, 11) is 1.86. The average Bonchev–Trinajstić information content (AvgIpc) is 3.21. The number of rotatable bonds is 8. The fraction of sp³-hybridized carbons (Fsp3) is 0.455. The van der Waals surface area contributed by atoms with E-state index in [1.807, 2.05) is 30.3 Å². The minimum Gasteiger partial charge on any atom is -0.493 e. The van der Waals surface area contributed by atoms with Crippen molar-refractivity contribution in [1.29, 1.82) is 0 Å². The molecule has 0 bridgehead atoms. The summed E-state index contributed by atoms with van der Waals surface area (Å²) in [5, 5.41) is 13.9. The molecule has 0 saturated carbocycles. The number of methoxy groups -OCH3 is 4. The Hall–Kier alpha value is -2.57. The Labute approximate surface area is 194 Å². The van der Waals surface area contributed by atoms with Gasteiger partial charge in [0.25, 0.3) is 0 Å². The second kappa shape index (κ2) is 11.5. The normalized spacial score (nSPS) is 19.9. The Morgan fingerprint density at radius 1 is 0.909 bits per heavy atom. The molecule has 2 atom stereocenters. The summed E-state index contributed by atoms with van der Waals surface area (Å²) in [4.78, 5) is 0. The van der Waals surface area contributed by atoms with Crippen LogP contribution in [0.5, 0.6) is 23.0 Å². The zero-order chi connectivity index (χ0) is 24.6. The summed E-state index contributed by atoms with van der Waals surface area (Å²) >= 11 is 0. The Bertz CT molecular complexity index is 1020. The Morgan fingerprint density at radius 3 is 1.94 bits per heavy atom. The maximum atomic E-state index is 10.4. The van der Waals surface area contributed by atoms with Crippen LogP contribution in [0.4, 0.5) is 0 Å². The van der Waals surface area contributed by atoms with Crippen molar-refractivity contribution < 1.29 is 41.6 Å². The lowest BCUT2D eigenvalue weighted by Crippen LogP contribution is -2.35. The van der Waals surface area contributed by atoms with E-state index in [9.17, 15) is 5.11 Å². The topological polar surface area (TPSA) is 144 Å². The van der Waals surface area contributed by atoms with Crippen molar-refractivity contribution in [2.45, 2.75) is 12.3 Å². The molecule has 0 radical (unpaired) electrons. The van der Waals surface area contributed by atoms with Gasteiger partial charge in [0.15, 0.2) is 23.0 Å². The molecule has 1 heterocycles. The summed E-state index contributed by atoms with van der Waals surface area (Å²) in [6.45, 7) is 1.60. The highest BCUT2D eigenvalue weighted by atomic mass is 32.3. The van der Waals surface area contributed by atoms with E-state index >= 15 is 0 Å². The molecule has 0 spiro atoms. The monoisotopic (exact) mass is 485 g/mol. The molecule has 0 aliphatic carbocycles. The second-order valence-electron chi connectivity index (χ2n) is 7.63. The SMILES string of the molecule is COc1ccc(CC2(CO)CNCC2c2ccc(OC)c(OC)c2)cc1OC.O=S(=O)(O)O. The number of aliphatic hydroxyl groups excluding tert-OH is 1. The summed E-state index contributed by atoms with van der Waals surface area (Å²) in [6, 6.07) is 11.9. The molecule has 3 rings (SSSR count). The van der Waals surface area contributed by atoms with Gasteiger partial charge in [-0.25, -0.2) is 0 Å². The average molecular weight is 486 g/mol. The van der Waals surface area contributed by atoms with Crippen LogP contribution in [-0.4, -0.2) is 70.8 Å². The van der Waals surface area contributed by atoms with Gasteiger partial charge in [0.05, 0.1) is 35.0 Å². The van der Waals surface area contributed by atoms with Crippen molar-refractivity contribution in [3.05, 3.63) is 47.5 Å². The summed E-state index contributed by atoms with van der Waals surface area (Å²) < 4.78 is 53.2. The summed E-state index contributed by atoms with van der Waals surface area (Å²) in [5.41, 5.74) is 1.90. The largest absolute Gasteiger partial charge is 0.493 e. The number of ether oxygens (including phenoxy) is 4. The van der Waals surface area contributed by atoms with Crippen LogP contribution in [0.1, 0.15) is 17.0 Å². The van der Waals surface area contributed by atoms with Gasteiger partial charge in [-0.1, -0.05) is 12.1 Å². The minimum atomic E-state index is -4.67. The Kier molecular flexibility index (Phi) is 9.32. The molecule has 33 heavy (non-hydrogen) atoms. The quantitative estimate of drug-likeness (QED) is 0.410. The first-order valence-corrected chi connectivity index (χ1v) is 11.4. The second-order valence-corrected chi connectivity index (χ2v) is 8.53. The summed E-state index contributed by atoms with van der Waals surface area (Å²) in [5.74, 6) is 2.94. The lowest BCUT2D eigenvalue weighted by atomic mass is 9.71. The predicted octanol–water partition coefficient (Wildman–Crippen LogP) is 1.98. The zero-order valence-corrected chi connectivity index (χ0v) is 19.9. The van der Waals surface area contributed by atoms with E-state index in [4.69, 9.17) is 36.5 Å². The highest BCUT2D eigenvalue weighted by Gasteiger charge is 2.43. The van der Waals surface area contributed by atoms with Gasteiger partial charge in [0.2, 0.25) is 0 Å². The van der Waals surface area contributed by atoms with Gasteiger partial charge in [0.1, 0.15) is 0 Å². The highest BCUT2D eigenvalue weighted by Crippen LogP contribution is 2.44. The van der Waals surface area contributed by atoms with Crippen LogP contribution in [0.3, 0.4) is 0 Å². The maximum absolute atomic E-state index is 10.4. The number of nitrogens with one attached hydrogen (secondary N) is 1. The van der Waals surface area contributed by atoms with Gasteiger partial charge in [-0.05, 0) is 41.8 Å². The third kappa shape index (κ3) is 6.95. The van der Waals surface area contributed by atoms with E-state index in [0.717, 1.165) is 30.6 Å². The van der Waals surface area contributed by atoms with E-state index in [0.29, 0.717) is 23.0 Å². The molecule has 1 fully saturated rings. The van der Waals surface area contributed by atoms with Crippen molar-refractivity contribution in [3.8, 4) is 23.0 Å². The lowest BCUT2D eigenvalue weighted by molar-refractivity contribution is 0.126. The van der Waals surface area contributed by atoms with Crippen LogP contribution < -0.4 is 24.3 Å². The van der Waals surface area contributed by atoms with E-state index in [2.05, 4.69) is 11.4 Å². The highest BCUT2D eigenvalue weighted by molar-refractivity contribution is 7.79. The maximum Gasteiger partial charge on any atom is 0.394 e. The first-order valence-electron chi connectivity index (χ1n) is 10.0. The van der Waals surface area contributed by atoms with Crippen LogP contribution in [0.15, 0.2) is 36.4 Å². The molecule has 0 amide bonds. The molecule has 0 aromatic heterocycles. The van der Waals surface area contributed by atoms with Crippen molar-refractivity contribution in [1.82, 2.24) is 5.32 Å². The lowest BCUT2D eigenvalue weighted by Gasteiger charge is -2.34. The predicted molar refractivity (Wildman–Crippen MR) is 122 cm³/mol. The van der Waals surface area contributed by atoms with Gasteiger partial charge in [0, 0.05) is 24.4 Å². The third-order valence-electron chi connectivity index (χ3n) is 5.69. The first-order chi connectivity index (χ1) is 15.6. The third-order valence-corrected chi connectivity index (χ3v) is 5.69. The minimum absolute atomic E-state index is 0.0767. The van der Waals surface area contributed by atoms with Crippen LogP contribution in [-0.2, 0) is 16.8 Å². The number of hydrogen-bond donors (Lipinski definition) is 4. The smallest absolute Gasteiger partial charge is 0.394 e. The molecule has 1 saturated heterocycles. The van der Waals surface area contributed by atoms with E-state index in [-0.39, 0.29) is 17.9 Å². The van der Waals surface area contributed by atoms with Gasteiger partial charge in [-0.2, -0.15) is 8.42 Å². The fourth-order valence-electron chi connectivity index (χ4n) is 4.15. The van der Waals surface area contributed by atoms with Crippen LogP contribution in [0.2, 0.25) is 0 Å². The number of aliphatic hydroxyl groups is 1. The molecule has 2 unspecified atom stereocenters. The van der Waals surface area contributed by atoms with Crippen LogP contribution in [0, 0.1) is 5.41 Å². The Morgan fingerprint density at radius 2 is 1.42 bits per heavy atom. The molecule has 1 aliphatic rings. The van der Waals surface area contributed by atoms with Gasteiger partial charge in [-0.15, -0.1) is 0 Å². The first kappa shape index (κ1) is 26.7. The zero-order valence-electron chi connectivity index (χ0n) is 19.1. The fourth-order valence-corrected chi connectivity index (χ4v) is 4.15. The molecule has 2 aromatic rings. The van der Waals surface area contributed by atoms with Gasteiger partial charge in [-0.3, -0.25) is 9.11 Å². The molecule has 10 nitrogen and oxygen atoms in total. The van der Waals surface area contributed by atoms with Gasteiger partial charge >= 0.3 is 10.4 Å². The van der Waals surface area contributed by atoms with Crippen molar-refractivity contribution in [2.75, 3.05) is 48.1 Å². The molecule has 1 aliphatic heterocycles. The standard InChI is InChI=1S/C22H29NO5.H2O4S/c1-25-18-7-5-15(9-20(18)27-3)11-22(14-24)13-23-12-17(22)16-6-8-19(26-2)21(10-16)28-4;1-5(2,3)4/h5-10,17,23-24H,11-14H2,1-4H3;(H2,1,2,3,4). The van der Waals surface area contributed by atoms with Crippen LogP contribution in [0.25, 0.3) is 0 Å². The van der Waals surface area contributed by atoms with Crippen molar-refractivity contribution in [2.24, 2.45) is 5.41 Å². The Balaban J connectivity index is 0.000000696. The van der Waals surface area contributed by atoms with E-state index in [1.54, 1.807) is 28.4 Å². The molecule has 4 N–H and O–H groups in total. The van der Waals surface area contributed by atoms with Crippen LogP contribution >= 0.6 is 0 Å². The van der Waals surface area contributed by atoms with Gasteiger partial charge < -0.3 is 29.4 Å². The molecule has 184 valence electrons. The van der Waals surface area contributed by atoms with E-state index in [1.165, 1.54) is 0 Å². The summed E-state index contributed by atoms with van der Waals surface area (Å²) in [6.07, 6.45) is 0.718. The molecular formula is C22H31NO9S. The van der Waals surface area contributed by atoms with Crippen molar-refractivity contribution in [3.63, 3.8) is 0 Å². The number of benzene rings is 2. The number of hydrogen-bond acceptors (Lipinski definition) is 8. The van der Waals surface area contributed by atoms with Crippen molar-refractivity contribution >= 4 is 10.4 Å². The molecule has 11 heteroatoms. The van der Waals surface area contributed by atoms with E-state index < -0.39 is 10.4 Å².